The summed E-state index contributed by atoms with van der Waals surface area (Å²) in [6, 6.07) is 5.99. The molecule has 94 valence electrons. The molecule has 3 rings (SSSR count). The lowest BCUT2D eigenvalue weighted by Crippen LogP contribution is -2.28. The maximum absolute atomic E-state index is 9.83. The fourth-order valence-electron chi connectivity index (χ4n) is 2.57. The van der Waals surface area contributed by atoms with E-state index in [1.54, 1.807) is 0 Å². The third-order valence-electron chi connectivity index (χ3n) is 3.83. The first-order chi connectivity index (χ1) is 8.78. The van der Waals surface area contributed by atoms with Crippen LogP contribution in [0.5, 0.6) is 0 Å². The van der Waals surface area contributed by atoms with Crippen molar-refractivity contribution < 1.29 is 5.11 Å². The molecule has 2 atom stereocenters. The zero-order valence-electron chi connectivity index (χ0n) is 10.3. The van der Waals surface area contributed by atoms with E-state index in [2.05, 4.69) is 16.4 Å². The summed E-state index contributed by atoms with van der Waals surface area (Å²) >= 11 is 0. The lowest BCUT2D eigenvalue weighted by atomic mass is 10.1. The largest absolute Gasteiger partial charge is 0.391 e. The van der Waals surface area contributed by atoms with Crippen molar-refractivity contribution in [3.05, 3.63) is 23.4 Å². The maximum Gasteiger partial charge on any atom is 0.144 e. The van der Waals surface area contributed by atoms with Gasteiger partial charge in [0.1, 0.15) is 11.9 Å². The highest BCUT2D eigenvalue weighted by atomic mass is 16.3. The average Bonchev–Trinajstić information content (AvgIpc) is 3.15. The SMILES string of the molecule is N#Cc1ccc(C2CC2)nc1N[C@H]1CCC[C@H]1O. The number of aromatic nitrogens is 1. The molecule has 0 saturated heterocycles. The Kier molecular flexibility index (Phi) is 2.92. The quantitative estimate of drug-likeness (QED) is 0.853. The van der Waals surface area contributed by atoms with Crippen molar-refractivity contribution in [2.24, 2.45) is 0 Å². The van der Waals surface area contributed by atoms with E-state index in [9.17, 15) is 5.11 Å². The predicted octanol–water partition coefficient (Wildman–Crippen LogP) is 2.16. The molecule has 2 aliphatic carbocycles. The summed E-state index contributed by atoms with van der Waals surface area (Å²) in [6.45, 7) is 0. The molecular formula is C14H17N3O. The van der Waals surface area contributed by atoms with Crippen LogP contribution in [0.4, 0.5) is 5.82 Å². The number of aliphatic hydroxyl groups is 1. The number of aliphatic hydroxyl groups excluding tert-OH is 1. The third kappa shape index (κ3) is 2.19. The van der Waals surface area contributed by atoms with Gasteiger partial charge in [0.15, 0.2) is 0 Å². The van der Waals surface area contributed by atoms with Crippen LogP contribution in [0.3, 0.4) is 0 Å². The molecule has 1 aromatic rings. The summed E-state index contributed by atoms with van der Waals surface area (Å²) in [5, 5.41) is 22.2. The monoisotopic (exact) mass is 243 g/mol. The minimum Gasteiger partial charge on any atom is -0.391 e. The number of anilines is 1. The summed E-state index contributed by atoms with van der Waals surface area (Å²) in [5.41, 5.74) is 1.64. The molecular weight excluding hydrogens is 226 g/mol. The summed E-state index contributed by atoms with van der Waals surface area (Å²) in [5.74, 6) is 1.22. The second-order valence-corrected chi connectivity index (χ2v) is 5.27. The molecule has 18 heavy (non-hydrogen) atoms. The molecule has 0 unspecified atom stereocenters. The molecule has 0 aliphatic heterocycles. The van der Waals surface area contributed by atoms with Gasteiger partial charge in [-0.15, -0.1) is 0 Å². The predicted molar refractivity (Wildman–Crippen MR) is 68.2 cm³/mol. The van der Waals surface area contributed by atoms with E-state index >= 15 is 0 Å². The van der Waals surface area contributed by atoms with E-state index in [-0.39, 0.29) is 12.1 Å². The third-order valence-corrected chi connectivity index (χ3v) is 3.83. The Morgan fingerprint density at radius 2 is 2.11 bits per heavy atom. The molecule has 2 fully saturated rings. The first kappa shape index (κ1) is 11.5. The maximum atomic E-state index is 9.83. The van der Waals surface area contributed by atoms with E-state index in [1.165, 1.54) is 12.8 Å². The molecule has 0 amide bonds. The van der Waals surface area contributed by atoms with Crippen LogP contribution >= 0.6 is 0 Å². The molecule has 4 heteroatoms. The van der Waals surface area contributed by atoms with Gasteiger partial charge in [-0.3, -0.25) is 0 Å². The molecule has 0 bridgehead atoms. The molecule has 2 N–H and O–H groups in total. The topological polar surface area (TPSA) is 68.9 Å². The van der Waals surface area contributed by atoms with E-state index < -0.39 is 0 Å². The van der Waals surface area contributed by atoms with Crippen LogP contribution in [-0.2, 0) is 0 Å². The number of nitriles is 1. The van der Waals surface area contributed by atoms with Crippen molar-refractivity contribution in [3.8, 4) is 6.07 Å². The molecule has 0 aromatic carbocycles. The van der Waals surface area contributed by atoms with E-state index in [0.717, 1.165) is 25.0 Å². The van der Waals surface area contributed by atoms with Gasteiger partial charge in [-0.25, -0.2) is 4.98 Å². The standard InChI is InChI=1S/C14H17N3O/c15-8-10-6-7-11(9-4-5-9)16-14(10)17-12-2-1-3-13(12)18/h6-7,9,12-13,18H,1-5H2,(H,16,17)/t12-,13+/m0/s1. The van der Waals surface area contributed by atoms with E-state index in [1.807, 2.05) is 12.1 Å². The van der Waals surface area contributed by atoms with Crippen LogP contribution in [-0.4, -0.2) is 22.2 Å². The van der Waals surface area contributed by atoms with Crippen molar-refractivity contribution in [2.75, 3.05) is 5.32 Å². The average molecular weight is 243 g/mol. The Labute approximate surface area is 107 Å². The van der Waals surface area contributed by atoms with Crippen molar-refractivity contribution in [1.29, 1.82) is 5.26 Å². The van der Waals surface area contributed by atoms with Crippen LogP contribution in [0.2, 0.25) is 0 Å². The lowest BCUT2D eigenvalue weighted by Gasteiger charge is -2.18. The Hall–Kier alpha value is -1.60. The lowest BCUT2D eigenvalue weighted by molar-refractivity contribution is 0.171. The smallest absolute Gasteiger partial charge is 0.144 e. The Bertz CT molecular complexity index is 490. The molecule has 4 nitrogen and oxygen atoms in total. The molecule has 1 heterocycles. The van der Waals surface area contributed by atoms with Gasteiger partial charge >= 0.3 is 0 Å². The highest BCUT2D eigenvalue weighted by Crippen LogP contribution is 2.39. The van der Waals surface area contributed by atoms with Gasteiger partial charge < -0.3 is 10.4 Å². The molecule has 0 spiro atoms. The highest BCUT2D eigenvalue weighted by Gasteiger charge is 2.28. The molecule has 1 aromatic heterocycles. The van der Waals surface area contributed by atoms with E-state index in [4.69, 9.17) is 5.26 Å². The minimum atomic E-state index is -0.317. The van der Waals surface area contributed by atoms with Crippen molar-refractivity contribution >= 4 is 5.82 Å². The first-order valence-electron chi connectivity index (χ1n) is 6.63. The van der Waals surface area contributed by atoms with Crippen molar-refractivity contribution in [1.82, 2.24) is 4.98 Å². The molecule has 0 radical (unpaired) electrons. The summed E-state index contributed by atoms with van der Waals surface area (Å²) in [6.07, 6.45) is 4.89. The summed E-state index contributed by atoms with van der Waals surface area (Å²) in [4.78, 5) is 4.56. The zero-order chi connectivity index (χ0) is 12.5. The van der Waals surface area contributed by atoms with Crippen molar-refractivity contribution in [3.63, 3.8) is 0 Å². The van der Waals surface area contributed by atoms with E-state index in [0.29, 0.717) is 17.3 Å². The van der Waals surface area contributed by atoms with Crippen LogP contribution in [0.1, 0.15) is 49.3 Å². The molecule has 2 aliphatic rings. The Morgan fingerprint density at radius 3 is 2.72 bits per heavy atom. The van der Waals surface area contributed by atoms with Gasteiger partial charge in [0.25, 0.3) is 0 Å². The first-order valence-corrected chi connectivity index (χ1v) is 6.63. The number of nitrogens with one attached hydrogen (secondary N) is 1. The minimum absolute atomic E-state index is 0.0408. The number of hydrogen-bond donors (Lipinski definition) is 2. The van der Waals surface area contributed by atoms with Gasteiger partial charge in [-0.05, 0) is 44.2 Å². The molecule has 2 saturated carbocycles. The van der Waals surface area contributed by atoms with Crippen molar-refractivity contribution in [2.45, 2.75) is 50.2 Å². The zero-order valence-corrected chi connectivity index (χ0v) is 10.3. The summed E-state index contributed by atoms with van der Waals surface area (Å²) in [7, 11) is 0. The van der Waals surface area contributed by atoms with Gasteiger partial charge in [-0.1, -0.05) is 0 Å². The van der Waals surface area contributed by atoms with Gasteiger partial charge in [0.05, 0.1) is 17.7 Å². The van der Waals surface area contributed by atoms with Crippen LogP contribution < -0.4 is 5.32 Å². The second kappa shape index (κ2) is 4.58. The van der Waals surface area contributed by atoms with Gasteiger partial charge in [0, 0.05) is 11.6 Å². The normalized spacial score (nSPS) is 26.9. The fraction of sp³-hybridized carbons (Fsp3) is 0.571. The van der Waals surface area contributed by atoms with Gasteiger partial charge in [-0.2, -0.15) is 5.26 Å². The Balaban J connectivity index is 1.84. The second-order valence-electron chi connectivity index (χ2n) is 5.27. The number of nitrogens with zero attached hydrogens (tertiary/aromatic N) is 2. The van der Waals surface area contributed by atoms with Crippen LogP contribution in [0.25, 0.3) is 0 Å². The van der Waals surface area contributed by atoms with Crippen LogP contribution in [0, 0.1) is 11.3 Å². The number of hydrogen-bond acceptors (Lipinski definition) is 4. The van der Waals surface area contributed by atoms with Gasteiger partial charge in [0.2, 0.25) is 0 Å². The number of rotatable bonds is 3. The highest BCUT2D eigenvalue weighted by molar-refractivity contribution is 5.53. The number of pyridine rings is 1. The summed E-state index contributed by atoms with van der Waals surface area (Å²) < 4.78 is 0. The fourth-order valence-corrected chi connectivity index (χ4v) is 2.57. The Morgan fingerprint density at radius 1 is 1.28 bits per heavy atom. The van der Waals surface area contributed by atoms with Crippen LogP contribution in [0.15, 0.2) is 12.1 Å².